The van der Waals surface area contributed by atoms with E-state index >= 15 is 0 Å². The van der Waals surface area contributed by atoms with Gasteiger partial charge in [0.2, 0.25) is 0 Å². The van der Waals surface area contributed by atoms with Crippen molar-refractivity contribution in [2.45, 2.75) is 18.9 Å². The molecule has 1 rings (SSSR count). The molecule has 0 spiro atoms. The second-order valence-corrected chi connectivity index (χ2v) is 4.65. The fraction of sp³-hybridized carbons (Fsp3) is 0.300. The Kier molecular flexibility index (Phi) is 4.34. The summed E-state index contributed by atoms with van der Waals surface area (Å²) in [6.07, 6.45) is -0.181. The molecule has 8 heteroatoms. The van der Waals surface area contributed by atoms with Crippen molar-refractivity contribution < 1.29 is 24.3 Å². The second kappa shape index (κ2) is 5.23. The Hall–Kier alpha value is -1.15. The first kappa shape index (κ1) is 14.9. The SMILES string of the molecule is C[C@](N)(Cc1cc(F)c(B(O)O)cc1Cl)C(=O)O. The largest absolute Gasteiger partial charge is 0.491 e. The average molecular weight is 275 g/mol. The molecule has 0 saturated carbocycles. The lowest BCUT2D eigenvalue weighted by Crippen LogP contribution is -2.47. The molecule has 0 unspecified atom stereocenters. The van der Waals surface area contributed by atoms with Crippen molar-refractivity contribution in [3.63, 3.8) is 0 Å². The predicted octanol–water partition coefficient (Wildman–Crippen LogP) is -0.497. The summed E-state index contributed by atoms with van der Waals surface area (Å²) in [6, 6.07) is 1.99. The average Bonchev–Trinajstić information content (AvgIpc) is 2.21. The number of hydrogen-bond acceptors (Lipinski definition) is 4. The third kappa shape index (κ3) is 3.20. The molecule has 0 amide bonds. The van der Waals surface area contributed by atoms with Crippen molar-refractivity contribution >= 4 is 30.2 Å². The summed E-state index contributed by atoms with van der Waals surface area (Å²) in [5.41, 5.74) is 3.75. The molecule has 18 heavy (non-hydrogen) atoms. The molecule has 1 atom stereocenters. The van der Waals surface area contributed by atoms with E-state index in [0.29, 0.717) is 0 Å². The number of benzene rings is 1. The molecule has 0 aliphatic rings. The van der Waals surface area contributed by atoms with Crippen LogP contribution in [0.3, 0.4) is 0 Å². The molecule has 5 nitrogen and oxygen atoms in total. The van der Waals surface area contributed by atoms with E-state index in [4.69, 9.17) is 32.5 Å². The van der Waals surface area contributed by atoms with Gasteiger partial charge in [0.05, 0.1) is 0 Å². The van der Waals surface area contributed by atoms with Crippen molar-refractivity contribution in [2.75, 3.05) is 0 Å². The molecular formula is C10H12BClFNO4. The van der Waals surface area contributed by atoms with Crippen LogP contribution in [0.5, 0.6) is 0 Å². The standard InChI is InChI=1S/C10H12BClFNO4/c1-10(14,9(15)16)4-5-2-8(13)6(11(17)18)3-7(5)12/h2-3,17-18H,4,14H2,1H3,(H,15,16)/t10-/m0/s1. The molecule has 98 valence electrons. The van der Waals surface area contributed by atoms with Crippen molar-refractivity contribution in [1.29, 1.82) is 0 Å². The maximum atomic E-state index is 13.5. The van der Waals surface area contributed by atoms with Crippen LogP contribution < -0.4 is 11.2 Å². The molecular weight excluding hydrogens is 263 g/mol. The maximum absolute atomic E-state index is 13.5. The van der Waals surface area contributed by atoms with Crippen molar-refractivity contribution in [3.8, 4) is 0 Å². The molecule has 1 aromatic carbocycles. The number of hydrogen-bond donors (Lipinski definition) is 4. The molecule has 0 radical (unpaired) electrons. The first-order valence-electron chi connectivity index (χ1n) is 5.01. The Labute approximate surface area is 108 Å². The van der Waals surface area contributed by atoms with Gasteiger partial charge in [0, 0.05) is 16.9 Å². The summed E-state index contributed by atoms with van der Waals surface area (Å²) in [6.45, 7) is 1.28. The molecule has 0 saturated heterocycles. The lowest BCUT2D eigenvalue weighted by atomic mass is 9.79. The van der Waals surface area contributed by atoms with Crippen molar-refractivity contribution in [2.24, 2.45) is 5.73 Å². The van der Waals surface area contributed by atoms with Crippen LogP contribution in [0.4, 0.5) is 4.39 Å². The zero-order valence-corrected chi connectivity index (χ0v) is 10.3. The van der Waals surface area contributed by atoms with Gasteiger partial charge in [0.1, 0.15) is 11.4 Å². The Bertz CT molecular complexity index is 481. The van der Waals surface area contributed by atoms with Crippen LogP contribution in [0.1, 0.15) is 12.5 Å². The fourth-order valence-electron chi connectivity index (χ4n) is 1.41. The van der Waals surface area contributed by atoms with Crippen LogP contribution in [0.2, 0.25) is 5.02 Å². The Balaban J connectivity index is 3.13. The first-order chi connectivity index (χ1) is 8.15. The molecule has 0 aliphatic carbocycles. The molecule has 5 N–H and O–H groups in total. The van der Waals surface area contributed by atoms with Gasteiger partial charge in [0.25, 0.3) is 0 Å². The zero-order valence-electron chi connectivity index (χ0n) is 9.52. The van der Waals surface area contributed by atoms with E-state index < -0.39 is 24.4 Å². The maximum Gasteiger partial charge on any atom is 0.491 e. The Morgan fingerprint density at radius 3 is 2.56 bits per heavy atom. The van der Waals surface area contributed by atoms with Crippen LogP contribution in [0.25, 0.3) is 0 Å². The van der Waals surface area contributed by atoms with E-state index in [9.17, 15) is 9.18 Å². The highest BCUT2D eigenvalue weighted by Crippen LogP contribution is 2.21. The summed E-state index contributed by atoms with van der Waals surface area (Å²) in [5.74, 6) is -2.13. The van der Waals surface area contributed by atoms with E-state index in [-0.39, 0.29) is 22.5 Å². The van der Waals surface area contributed by atoms with Gasteiger partial charge in [-0.2, -0.15) is 0 Å². The second-order valence-electron chi connectivity index (χ2n) is 4.24. The molecule has 0 fully saturated rings. The van der Waals surface area contributed by atoms with Crippen molar-refractivity contribution in [1.82, 2.24) is 0 Å². The van der Waals surface area contributed by atoms with Gasteiger partial charge in [-0.1, -0.05) is 11.6 Å². The quantitative estimate of drug-likeness (QED) is 0.555. The molecule has 0 aromatic heterocycles. The number of nitrogens with two attached hydrogens (primary N) is 1. The molecule has 0 aliphatic heterocycles. The van der Waals surface area contributed by atoms with E-state index in [1.165, 1.54) is 6.92 Å². The van der Waals surface area contributed by atoms with Crippen LogP contribution in [-0.4, -0.2) is 33.8 Å². The predicted molar refractivity (Wildman–Crippen MR) is 65.2 cm³/mol. The topological polar surface area (TPSA) is 104 Å². The Morgan fingerprint density at radius 2 is 2.11 bits per heavy atom. The minimum atomic E-state index is -1.99. The van der Waals surface area contributed by atoms with Crippen LogP contribution in [-0.2, 0) is 11.2 Å². The lowest BCUT2D eigenvalue weighted by Gasteiger charge is -2.20. The molecule has 0 heterocycles. The summed E-state index contributed by atoms with van der Waals surface area (Å²) in [5, 5.41) is 26.6. The summed E-state index contributed by atoms with van der Waals surface area (Å²) in [7, 11) is -1.99. The van der Waals surface area contributed by atoms with Gasteiger partial charge < -0.3 is 20.9 Å². The smallest absolute Gasteiger partial charge is 0.480 e. The zero-order chi connectivity index (χ0) is 14.1. The summed E-state index contributed by atoms with van der Waals surface area (Å²) >= 11 is 5.82. The highest BCUT2D eigenvalue weighted by molar-refractivity contribution is 6.59. The van der Waals surface area contributed by atoms with Gasteiger partial charge in [-0.25, -0.2) is 4.39 Å². The van der Waals surface area contributed by atoms with Gasteiger partial charge in [0.15, 0.2) is 0 Å². The number of aliphatic carboxylic acids is 1. The monoisotopic (exact) mass is 275 g/mol. The molecule has 0 bridgehead atoms. The van der Waals surface area contributed by atoms with Gasteiger partial charge in [-0.3, -0.25) is 4.79 Å². The van der Waals surface area contributed by atoms with Gasteiger partial charge in [-0.15, -0.1) is 0 Å². The highest BCUT2D eigenvalue weighted by Gasteiger charge is 2.30. The normalized spacial score (nSPS) is 14.1. The summed E-state index contributed by atoms with van der Waals surface area (Å²) in [4.78, 5) is 10.9. The van der Waals surface area contributed by atoms with E-state index in [2.05, 4.69) is 0 Å². The third-order valence-electron chi connectivity index (χ3n) is 2.49. The van der Waals surface area contributed by atoms with Gasteiger partial charge >= 0.3 is 13.1 Å². The number of carboxylic acid groups (broad SMARTS) is 1. The number of halogens is 2. The van der Waals surface area contributed by atoms with E-state index in [1.807, 2.05) is 0 Å². The first-order valence-corrected chi connectivity index (χ1v) is 5.39. The molecule has 1 aromatic rings. The minimum Gasteiger partial charge on any atom is -0.480 e. The number of carboxylic acids is 1. The van der Waals surface area contributed by atoms with Crippen LogP contribution >= 0.6 is 11.6 Å². The van der Waals surface area contributed by atoms with Crippen molar-refractivity contribution in [3.05, 3.63) is 28.5 Å². The van der Waals surface area contributed by atoms with E-state index in [1.54, 1.807) is 0 Å². The van der Waals surface area contributed by atoms with E-state index in [0.717, 1.165) is 12.1 Å². The number of carbonyl (C=O) groups is 1. The fourth-order valence-corrected chi connectivity index (χ4v) is 1.65. The van der Waals surface area contributed by atoms with Crippen LogP contribution in [0, 0.1) is 5.82 Å². The Morgan fingerprint density at radius 1 is 1.56 bits per heavy atom. The third-order valence-corrected chi connectivity index (χ3v) is 2.84. The van der Waals surface area contributed by atoms with Crippen LogP contribution in [0.15, 0.2) is 12.1 Å². The highest BCUT2D eigenvalue weighted by atomic mass is 35.5. The number of rotatable bonds is 4. The minimum absolute atomic E-state index is 0.0254. The van der Waals surface area contributed by atoms with Gasteiger partial charge in [-0.05, 0) is 24.6 Å². The summed E-state index contributed by atoms with van der Waals surface area (Å²) < 4.78 is 13.5. The lowest BCUT2D eigenvalue weighted by molar-refractivity contribution is -0.142.